The van der Waals surface area contributed by atoms with E-state index in [1.54, 1.807) is 43.3 Å². The molecule has 126 valence electrons. The monoisotopic (exact) mass is 347 g/mol. The lowest BCUT2D eigenvalue weighted by Gasteiger charge is -2.28. The number of hydrogen-bond donors (Lipinski definition) is 0. The summed E-state index contributed by atoms with van der Waals surface area (Å²) in [6, 6.07) is 13.3. The minimum atomic E-state index is -0.591. The van der Waals surface area contributed by atoms with Gasteiger partial charge in [-0.1, -0.05) is 23.7 Å². The molecule has 3 nitrogen and oxygen atoms in total. The molecule has 0 aromatic heterocycles. The highest BCUT2D eigenvalue weighted by atomic mass is 35.5. The number of likely N-dealkylation sites (tertiary alicyclic amines) is 1. The topological polar surface area (TPSA) is 29.5 Å². The van der Waals surface area contributed by atoms with Crippen molar-refractivity contribution in [3.8, 4) is 5.75 Å². The Bertz CT molecular complexity index is 702. The first-order valence-corrected chi connectivity index (χ1v) is 8.40. The summed E-state index contributed by atoms with van der Waals surface area (Å²) >= 11 is 5.86. The second-order valence-corrected chi connectivity index (χ2v) is 6.39. The van der Waals surface area contributed by atoms with Gasteiger partial charge in [-0.25, -0.2) is 4.39 Å². The summed E-state index contributed by atoms with van der Waals surface area (Å²) in [5, 5.41) is 0.622. The Labute approximate surface area is 146 Å². The van der Waals surface area contributed by atoms with Gasteiger partial charge >= 0.3 is 0 Å². The standard InChI is InChI=1S/C19H19ClFNO2/c1-13(24-17-10-6-15(20)7-11-17)19(23)22-12-2-3-18(22)14-4-8-16(21)9-5-14/h4-11,13,18H,2-3,12H2,1H3. The molecule has 2 atom stereocenters. The summed E-state index contributed by atoms with van der Waals surface area (Å²) < 4.78 is 18.9. The molecule has 1 aliphatic heterocycles. The van der Waals surface area contributed by atoms with Crippen LogP contribution in [0.15, 0.2) is 48.5 Å². The summed E-state index contributed by atoms with van der Waals surface area (Å²) in [6.45, 7) is 2.44. The van der Waals surface area contributed by atoms with E-state index in [9.17, 15) is 9.18 Å². The van der Waals surface area contributed by atoms with Gasteiger partial charge in [0.15, 0.2) is 6.10 Å². The molecule has 5 heteroatoms. The number of benzene rings is 2. The molecular weight excluding hydrogens is 329 g/mol. The van der Waals surface area contributed by atoms with Crippen molar-refractivity contribution >= 4 is 17.5 Å². The zero-order valence-electron chi connectivity index (χ0n) is 13.4. The summed E-state index contributed by atoms with van der Waals surface area (Å²) in [5.74, 6) is 0.281. The molecule has 1 fully saturated rings. The molecule has 0 bridgehead atoms. The van der Waals surface area contributed by atoms with Crippen LogP contribution in [0.1, 0.15) is 31.4 Å². The van der Waals surface area contributed by atoms with E-state index in [1.807, 2.05) is 4.90 Å². The SMILES string of the molecule is CC(Oc1ccc(Cl)cc1)C(=O)N1CCCC1c1ccc(F)cc1. The maximum Gasteiger partial charge on any atom is 0.263 e. The summed E-state index contributed by atoms with van der Waals surface area (Å²) in [4.78, 5) is 14.6. The number of carbonyl (C=O) groups excluding carboxylic acids is 1. The number of halogens is 2. The molecule has 2 unspecified atom stereocenters. The maximum absolute atomic E-state index is 13.1. The molecule has 0 saturated carbocycles. The van der Waals surface area contributed by atoms with Crippen LogP contribution in [0.3, 0.4) is 0 Å². The highest BCUT2D eigenvalue weighted by Gasteiger charge is 2.33. The lowest BCUT2D eigenvalue weighted by Crippen LogP contribution is -2.40. The van der Waals surface area contributed by atoms with Crippen molar-refractivity contribution < 1.29 is 13.9 Å². The zero-order valence-corrected chi connectivity index (χ0v) is 14.2. The predicted octanol–water partition coefficient (Wildman–Crippen LogP) is 4.61. The maximum atomic E-state index is 13.1. The van der Waals surface area contributed by atoms with Crippen LogP contribution in [0.4, 0.5) is 4.39 Å². The summed E-state index contributed by atoms with van der Waals surface area (Å²) in [7, 11) is 0. The van der Waals surface area contributed by atoms with Crippen molar-refractivity contribution in [3.63, 3.8) is 0 Å². The van der Waals surface area contributed by atoms with Crippen molar-refractivity contribution in [1.29, 1.82) is 0 Å². The van der Waals surface area contributed by atoms with Crippen LogP contribution < -0.4 is 4.74 Å². The Kier molecular flexibility index (Phi) is 5.05. The third-order valence-corrected chi connectivity index (χ3v) is 4.52. The second kappa shape index (κ2) is 7.22. The molecule has 2 aromatic rings. The van der Waals surface area contributed by atoms with Gasteiger partial charge in [0.05, 0.1) is 6.04 Å². The third-order valence-electron chi connectivity index (χ3n) is 4.26. The molecule has 1 aliphatic rings. The average Bonchev–Trinajstić information content (AvgIpc) is 3.06. The van der Waals surface area contributed by atoms with E-state index in [0.717, 1.165) is 18.4 Å². The lowest BCUT2D eigenvalue weighted by molar-refractivity contribution is -0.138. The number of hydrogen-bond acceptors (Lipinski definition) is 2. The molecule has 3 rings (SSSR count). The molecule has 2 aromatic carbocycles. The Hall–Kier alpha value is -2.07. The first-order chi connectivity index (χ1) is 11.5. The molecule has 0 spiro atoms. The van der Waals surface area contributed by atoms with Crippen LogP contribution in [0, 0.1) is 5.82 Å². The number of rotatable bonds is 4. The van der Waals surface area contributed by atoms with Crippen LogP contribution in [-0.4, -0.2) is 23.5 Å². The van der Waals surface area contributed by atoms with E-state index in [-0.39, 0.29) is 17.8 Å². The van der Waals surface area contributed by atoms with Crippen LogP contribution in [0.25, 0.3) is 0 Å². The second-order valence-electron chi connectivity index (χ2n) is 5.96. The van der Waals surface area contributed by atoms with Crippen molar-refractivity contribution in [2.45, 2.75) is 31.9 Å². The highest BCUT2D eigenvalue weighted by molar-refractivity contribution is 6.30. The molecule has 0 N–H and O–H groups in total. The molecular formula is C19H19ClFNO2. The average molecular weight is 348 g/mol. The molecule has 0 aliphatic carbocycles. The Morgan fingerprint density at radius 1 is 1.21 bits per heavy atom. The van der Waals surface area contributed by atoms with E-state index < -0.39 is 6.10 Å². The predicted molar refractivity (Wildman–Crippen MR) is 91.6 cm³/mol. The molecule has 1 saturated heterocycles. The number of ether oxygens (including phenoxy) is 1. The first-order valence-electron chi connectivity index (χ1n) is 8.03. The van der Waals surface area contributed by atoms with E-state index in [4.69, 9.17) is 16.3 Å². The van der Waals surface area contributed by atoms with Crippen molar-refractivity contribution in [1.82, 2.24) is 4.90 Å². The number of amides is 1. The fourth-order valence-corrected chi connectivity index (χ4v) is 3.19. The van der Waals surface area contributed by atoms with Gasteiger partial charge in [0, 0.05) is 11.6 Å². The fourth-order valence-electron chi connectivity index (χ4n) is 3.06. The molecule has 0 radical (unpaired) electrons. The normalized spacial score (nSPS) is 18.5. The van der Waals surface area contributed by atoms with Crippen molar-refractivity contribution in [2.24, 2.45) is 0 Å². The Morgan fingerprint density at radius 3 is 2.54 bits per heavy atom. The van der Waals surface area contributed by atoms with Gasteiger partial charge in [0.1, 0.15) is 11.6 Å². The molecule has 1 heterocycles. The van der Waals surface area contributed by atoms with Gasteiger partial charge in [-0.05, 0) is 61.7 Å². The largest absolute Gasteiger partial charge is 0.481 e. The van der Waals surface area contributed by atoms with Gasteiger partial charge in [-0.3, -0.25) is 4.79 Å². The van der Waals surface area contributed by atoms with Gasteiger partial charge in [0.25, 0.3) is 5.91 Å². The summed E-state index contributed by atoms with van der Waals surface area (Å²) in [5.41, 5.74) is 0.959. The molecule has 1 amide bonds. The summed E-state index contributed by atoms with van der Waals surface area (Å²) in [6.07, 6.45) is 1.22. The Balaban J connectivity index is 1.70. The van der Waals surface area contributed by atoms with Gasteiger partial charge in [-0.15, -0.1) is 0 Å². The minimum absolute atomic E-state index is 0.0191. The first kappa shape index (κ1) is 16.8. The zero-order chi connectivity index (χ0) is 17.1. The smallest absolute Gasteiger partial charge is 0.263 e. The number of carbonyl (C=O) groups is 1. The van der Waals surface area contributed by atoms with Crippen molar-refractivity contribution in [3.05, 3.63) is 64.9 Å². The fraction of sp³-hybridized carbons (Fsp3) is 0.316. The quantitative estimate of drug-likeness (QED) is 0.808. The van der Waals surface area contributed by atoms with Crippen LogP contribution in [0.5, 0.6) is 5.75 Å². The van der Waals surface area contributed by atoms with E-state index in [0.29, 0.717) is 17.3 Å². The number of nitrogens with zero attached hydrogens (tertiary/aromatic N) is 1. The molecule has 24 heavy (non-hydrogen) atoms. The van der Waals surface area contributed by atoms with Gasteiger partial charge < -0.3 is 9.64 Å². The minimum Gasteiger partial charge on any atom is -0.481 e. The van der Waals surface area contributed by atoms with Crippen LogP contribution in [0.2, 0.25) is 5.02 Å². The Morgan fingerprint density at radius 2 is 1.88 bits per heavy atom. The van der Waals surface area contributed by atoms with Crippen LogP contribution >= 0.6 is 11.6 Å². The lowest BCUT2D eigenvalue weighted by atomic mass is 10.0. The highest BCUT2D eigenvalue weighted by Crippen LogP contribution is 2.32. The van der Waals surface area contributed by atoms with Crippen LogP contribution in [-0.2, 0) is 4.79 Å². The van der Waals surface area contributed by atoms with E-state index in [1.165, 1.54) is 12.1 Å². The van der Waals surface area contributed by atoms with E-state index >= 15 is 0 Å². The van der Waals surface area contributed by atoms with E-state index in [2.05, 4.69) is 0 Å². The van der Waals surface area contributed by atoms with Crippen molar-refractivity contribution in [2.75, 3.05) is 6.54 Å². The van der Waals surface area contributed by atoms with Gasteiger partial charge in [0.2, 0.25) is 0 Å². The third kappa shape index (κ3) is 3.70. The van der Waals surface area contributed by atoms with Gasteiger partial charge in [-0.2, -0.15) is 0 Å².